The lowest BCUT2D eigenvalue weighted by Gasteiger charge is -2.17. The Hall–Kier alpha value is -2.80. The minimum atomic E-state index is -0.766. The SMILES string of the molecule is C#CCC1CC(=O)C(c2c(C)cc(-c3ncc(C)cc3F)cc2C)C1=O. The minimum absolute atomic E-state index is 0.0890. The number of Topliss-reactive ketones (excluding diaryl/α,β-unsaturated/α-hetero) is 2. The highest BCUT2D eigenvalue weighted by molar-refractivity contribution is 6.15. The standard InChI is InChI=1S/C22H20FNO2/c1-5-6-15-10-18(25)20(22(15)26)19-13(3)8-16(9-14(19)4)21-17(23)7-12(2)11-24-21/h1,7-9,11,15,20H,6,10H2,2-4H3. The van der Waals surface area contributed by atoms with Gasteiger partial charge in [-0.15, -0.1) is 12.3 Å². The predicted molar refractivity (Wildman–Crippen MR) is 98.2 cm³/mol. The van der Waals surface area contributed by atoms with E-state index in [0.717, 1.165) is 22.3 Å². The lowest BCUT2D eigenvalue weighted by molar-refractivity contribution is -0.124. The van der Waals surface area contributed by atoms with Crippen LogP contribution in [0.3, 0.4) is 0 Å². The molecule has 0 spiro atoms. The molecule has 1 fully saturated rings. The summed E-state index contributed by atoms with van der Waals surface area (Å²) < 4.78 is 14.3. The summed E-state index contributed by atoms with van der Waals surface area (Å²) in [6, 6.07) is 5.02. The highest BCUT2D eigenvalue weighted by Gasteiger charge is 2.42. The zero-order chi connectivity index (χ0) is 19.0. The third-order valence-electron chi connectivity index (χ3n) is 4.95. The van der Waals surface area contributed by atoms with Crippen molar-refractivity contribution >= 4 is 11.6 Å². The second-order valence-corrected chi connectivity index (χ2v) is 6.98. The van der Waals surface area contributed by atoms with Crippen molar-refractivity contribution in [2.24, 2.45) is 5.92 Å². The first kappa shape index (κ1) is 18.0. The maximum atomic E-state index is 14.3. The summed E-state index contributed by atoms with van der Waals surface area (Å²) >= 11 is 0. The molecule has 0 bridgehead atoms. The van der Waals surface area contributed by atoms with E-state index in [1.807, 2.05) is 13.8 Å². The van der Waals surface area contributed by atoms with Gasteiger partial charge in [0.25, 0.3) is 0 Å². The molecule has 1 aromatic carbocycles. The van der Waals surface area contributed by atoms with Crippen LogP contribution in [0.15, 0.2) is 24.4 Å². The van der Waals surface area contributed by atoms with Crippen LogP contribution < -0.4 is 0 Å². The highest BCUT2D eigenvalue weighted by atomic mass is 19.1. The molecular formula is C22H20FNO2. The fourth-order valence-corrected chi connectivity index (χ4v) is 3.79. The fraction of sp³-hybridized carbons (Fsp3) is 0.318. The molecule has 0 radical (unpaired) electrons. The van der Waals surface area contributed by atoms with E-state index in [1.54, 1.807) is 25.3 Å². The number of halogens is 1. The number of carbonyl (C=O) groups excluding carboxylic acids is 2. The van der Waals surface area contributed by atoms with Crippen molar-refractivity contribution in [1.82, 2.24) is 4.98 Å². The smallest absolute Gasteiger partial charge is 0.152 e. The van der Waals surface area contributed by atoms with E-state index in [9.17, 15) is 14.0 Å². The molecule has 0 amide bonds. The van der Waals surface area contributed by atoms with Gasteiger partial charge in [0.2, 0.25) is 0 Å². The summed E-state index contributed by atoms with van der Waals surface area (Å²) in [6.07, 6.45) is 7.41. The van der Waals surface area contributed by atoms with Crippen LogP contribution in [0, 0.1) is 44.9 Å². The lowest BCUT2D eigenvalue weighted by atomic mass is 9.85. The normalized spacial score (nSPS) is 19.7. The highest BCUT2D eigenvalue weighted by Crippen LogP contribution is 2.38. The van der Waals surface area contributed by atoms with Gasteiger partial charge in [0.15, 0.2) is 5.78 Å². The Labute approximate surface area is 152 Å². The molecule has 3 nitrogen and oxygen atoms in total. The van der Waals surface area contributed by atoms with E-state index in [1.165, 1.54) is 6.07 Å². The molecule has 1 aliphatic rings. The zero-order valence-electron chi connectivity index (χ0n) is 15.1. The number of ketones is 2. The van der Waals surface area contributed by atoms with Crippen LogP contribution in [0.1, 0.15) is 41.0 Å². The molecule has 1 aliphatic carbocycles. The molecule has 4 heteroatoms. The zero-order valence-corrected chi connectivity index (χ0v) is 15.1. The number of rotatable bonds is 3. The summed E-state index contributed by atoms with van der Waals surface area (Å²) in [5, 5.41) is 0. The number of carbonyl (C=O) groups is 2. The molecule has 3 rings (SSSR count). The van der Waals surface area contributed by atoms with Crippen molar-refractivity contribution in [2.45, 2.75) is 39.5 Å². The number of pyridine rings is 1. The van der Waals surface area contributed by atoms with Gasteiger partial charge in [-0.2, -0.15) is 0 Å². The minimum Gasteiger partial charge on any atom is -0.298 e. The van der Waals surface area contributed by atoms with Gasteiger partial charge in [0.1, 0.15) is 23.2 Å². The fourth-order valence-electron chi connectivity index (χ4n) is 3.79. The van der Waals surface area contributed by atoms with Crippen LogP contribution in [0.5, 0.6) is 0 Å². The molecule has 2 atom stereocenters. The second-order valence-electron chi connectivity index (χ2n) is 6.98. The van der Waals surface area contributed by atoms with Crippen LogP contribution in [0.4, 0.5) is 4.39 Å². The molecule has 26 heavy (non-hydrogen) atoms. The molecule has 1 heterocycles. The molecule has 1 aromatic heterocycles. The molecule has 0 saturated heterocycles. The number of terminal acetylenes is 1. The number of nitrogens with zero attached hydrogens (tertiary/aromatic N) is 1. The monoisotopic (exact) mass is 349 g/mol. The van der Waals surface area contributed by atoms with Crippen LogP contribution in [-0.4, -0.2) is 16.6 Å². The third-order valence-corrected chi connectivity index (χ3v) is 4.95. The van der Waals surface area contributed by atoms with Crippen LogP contribution >= 0.6 is 0 Å². The Kier molecular flexibility index (Phi) is 4.73. The maximum absolute atomic E-state index is 14.3. The van der Waals surface area contributed by atoms with E-state index in [2.05, 4.69) is 10.9 Å². The van der Waals surface area contributed by atoms with Crippen molar-refractivity contribution in [2.75, 3.05) is 0 Å². The Bertz CT molecular complexity index is 932. The molecule has 2 unspecified atom stereocenters. The van der Waals surface area contributed by atoms with Gasteiger partial charge in [-0.25, -0.2) is 4.39 Å². The van der Waals surface area contributed by atoms with Gasteiger partial charge in [-0.3, -0.25) is 14.6 Å². The van der Waals surface area contributed by atoms with E-state index < -0.39 is 17.7 Å². The van der Waals surface area contributed by atoms with Gasteiger partial charge < -0.3 is 0 Å². The Morgan fingerprint density at radius 2 is 1.85 bits per heavy atom. The number of aryl methyl sites for hydroxylation is 3. The molecular weight excluding hydrogens is 329 g/mol. The summed E-state index contributed by atoms with van der Waals surface area (Å²) in [5.74, 6) is 0.734. The maximum Gasteiger partial charge on any atom is 0.152 e. The van der Waals surface area contributed by atoms with Crippen molar-refractivity contribution in [3.8, 4) is 23.6 Å². The number of benzene rings is 1. The predicted octanol–water partition coefficient (Wildman–Crippen LogP) is 4.08. The van der Waals surface area contributed by atoms with Crippen molar-refractivity contribution < 1.29 is 14.0 Å². The van der Waals surface area contributed by atoms with E-state index in [0.29, 0.717) is 5.56 Å². The lowest BCUT2D eigenvalue weighted by Crippen LogP contribution is -2.17. The molecule has 1 saturated carbocycles. The largest absolute Gasteiger partial charge is 0.298 e. The first-order chi connectivity index (χ1) is 12.3. The third kappa shape index (κ3) is 3.06. The number of aromatic nitrogens is 1. The Morgan fingerprint density at radius 1 is 1.19 bits per heavy atom. The van der Waals surface area contributed by atoms with Crippen molar-refractivity contribution in [3.05, 3.63) is 52.5 Å². The van der Waals surface area contributed by atoms with E-state index in [-0.39, 0.29) is 30.1 Å². The molecule has 2 aromatic rings. The van der Waals surface area contributed by atoms with E-state index >= 15 is 0 Å². The average Bonchev–Trinajstić information content (AvgIpc) is 2.82. The van der Waals surface area contributed by atoms with Gasteiger partial charge in [-0.05, 0) is 61.2 Å². The molecule has 132 valence electrons. The van der Waals surface area contributed by atoms with Gasteiger partial charge in [-0.1, -0.05) is 0 Å². The van der Waals surface area contributed by atoms with Crippen LogP contribution in [0.2, 0.25) is 0 Å². The average molecular weight is 349 g/mol. The summed E-state index contributed by atoms with van der Waals surface area (Å²) in [4.78, 5) is 29.3. The van der Waals surface area contributed by atoms with Crippen LogP contribution in [0.25, 0.3) is 11.3 Å². The second kappa shape index (κ2) is 6.84. The number of hydrogen-bond acceptors (Lipinski definition) is 3. The topological polar surface area (TPSA) is 47.0 Å². The van der Waals surface area contributed by atoms with Gasteiger partial charge in [0.05, 0.1) is 0 Å². The molecule has 0 N–H and O–H groups in total. The van der Waals surface area contributed by atoms with Gasteiger partial charge >= 0.3 is 0 Å². The first-order valence-corrected chi connectivity index (χ1v) is 8.57. The quantitative estimate of drug-likeness (QED) is 0.620. The molecule has 0 aliphatic heterocycles. The van der Waals surface area contributed by atoms with Crippen molar-refractivity contribution in [1.29, 1.82) is 0 Å². The summed E-state index contributed by atoms with van der Waals surface area (Å²) in [6.45, 7) is 5.46. The Morgan fingerprint density at radius 3 is 2.42 bits per heavy atom. The summed E-state index contributed by atoms with van der Waals surface area (Å²) in [5.41, 5.74) is 3.94. The van der Waals surface area contributed by atoms with Gasteiger partial charge in [0, 0.05) is 30.5 Å². The first-order valence-electron chi connectivity index (χ1n) is 8.57. The van der Waals surface area contributed by atoms with Crippen molar-refractivity contribution in [3.63, 3.8) is 0 Å². The Balaban J connectivity index is 2.05. The van der Waals surface area contributed by atoms with Crippen LogP contribution in [-0.2, 0) is 9.59 Å². The number of hydrogen-bond donors (Lipinski definition) is 0. The van der Waals surface area contributed by atoms with E-state index in [4.69, 9.17) is 6.42 Å². The summed E-state index contributed by atoms with van der Waals surface area (Å²) in [7, 11) is 0.